The van der Waals surface area contributed by atoms with E-state index in [0.29, 0.717) is 5.41 Å². The molecular formula is C23H51N. The summed E-state index contributed by atoms with van der Waals surface area (Å²) >= 11 is 0. The van der Waals surface area contributed by atoms with E-state index in [4.69, 9.17) is 0 Å². The van der Waals surface area contributed by atoms with Crippen LogP contribution in [0.3, 0.4) is 0 Å². The smallest absolute Gasteiger partial charge is 0.0354 e. The van der Waals surface area contributed by atoms with Crippen LogP contribution in [0.2, 0.25) is 0 Å². The molecule has 0 bridgehead atoms. The molecule has 0 aromatic rings. The van der Waals surface area contributed by atoms with E-state index in [2.05, 4.69) is 27.7 Å². The van der Waals surface area contributed by atoms with Gasteiger partial charge in [-0.25, -0.2) is 0 Å². The standard InChI is InChI=1S/C23H48.H3N/c1-5-7-9-11-13-15-17-19-21-23(3,4)22-20-18-16-14-12-10-8-6-2;/h5-22H2,1-4H3;1H3. The molecule has 24 heavy (non-hydrogen) atoms. The van der Waals surface area contributed by atoms with E-state index in [1.807, 2.05) is 0 Å². The number of unbranched alkanes of at least 4 members (excludes halogenated alkanes) is 14. The fourth-order valence-electron chi connectivity index (χ4n) is 3.60. The molecule has 0 aliphatic carbocycles. The summed E-state index contributed by atoms with van der Waals surface area (Å²) in [5.74, 6) is 0. The van der Waals surface area contributed by atoms with E-state index < -0.39 is 0 Å². The van der Waals surface area contributed by atoms with Crippen molar-refractivity contribution in [3.63, 3.8) is 0 Å². The van der Waals surface area contributed by atoms with E-state index in [0.717, 1.165) is 0 Å². The van der Waals surface area contributed by atoms with E-state index in [1.54, 1.807) is 0 Å². The van der Waals surface area contributed by atoms with Gasteiger partial charge >= 0.3 is 0 Å². The molecule has 0 heterocycles. The topological polar surface area (TPSA) is 35.0 Å². The van der Waals surface area contributed by atoms with Crippen molar-refractivity contribution in [3.05, 3.63) is 0 Å². The first-order valence-corrected chi connectivity index (χ1v) is 11.1. The van der Waals surface area contributed by atoms with Crippen molar-refractivity contribution in [1.29, 1.82) is 0 Å². The second-order valence-corrected chi connectivity index (χ2v) is 8.61. The molecule has 0 spiro atoms. The monoisotopic (exact) mass is 341 g/mol. The first-order valence-electron chi connectivity index (χ1n) is 11.1. The van der Waals surface area contributed by atoms with Crippen molar-refractivity contribution < 1.29 is 0 Å². The Labute approximate surface area is 155 Å². The first kappa shape index (κ1) is 26.2. The lowest BCUT2D eigenvalue weighted by atomic mass is 9.82. The Morgan fingerprint density at radius 3 is 0.958 bits per heavy atom. The third kappa shape index (κ3) is 20.0. The zero-order valence-electron chi connectivity index (χ0n) is 17.9. The van der Waals surface area contributed by atoms with Crippen molar-refractivity contribution in [2.24, 2.45) is 5.41 Å². The van der Waals surface area contributed by atoms with Crippen LogP contribution in [0, 0.1) is 5.41 Å². The predicted molar refractivity (Wildman–Crippen MR) is 113 cm³/mol. The maximum absolute atomic E-state index is 2.50. The fraction of sp³-hybridized carbons (Fsp3) is 1.00. The quantitative estimate of drug-likeness (QED) is 0.248. The highest BCUT2D eigenvalue weighted by Gasteiger charge is 2.16. The summed E-state index contributed by atoms with van der Waals surface area (Å²) in [5, 5.41) is 0. The van der Waals surface area contributed by atoms with Crippen LogP contribution >= 0.6 is 0 Å². The van der Waals surface area contributed by atoms with Gasteiger partial charge in [0.05, 0.1) is 0 Å². The predicted octanol–water partition coefficient (Wildman–Crippen LogP) is 9.24. The maximum atomic E-state index is 2.50. The Hall–Kier alpha value is -0.0400. The second kappa shape index (κ2) is 19.3. The van der Waals surface area contributed by atoms with E-state index >= 15 is 0 Å². The molecule has 1 heteroatoms. The highest BCUT2D eigenvalue weighted by atomic mass is 14.2. The summed E-state index contributed by atoms with van der Waals surface area (Å²) in [4.78, 5) is 0. The van der Waals surface area contributed by atoms with Gasteiger partial charge in [0.25, 0.3) is 0 Å². The van der Waals surface area contributed by atoms with E-state index in [-0.39, 0.29) is 6.15 Å². The Kier molecular flexibility index (Phi) is 21.0. The third-order valence-electron chi connectivity index (χ3n) is 5.41. The minimum atomic E-state index is 0. The van der Waals surface area contributed by atoms with Gasteiger partial charge in [-0.05, 0) is 18.3 Å². The molecule has 0 rings (SSSR count). The van der Waals surface area contributed by atoms with Gasteiger partial charge in [0.2, 0.25) is 0 Å². The lowest BCUT2D eigenvalue weighted by Gasteiger charge is -2.24. The van der Waals surface area contributed by atoms with Crippen LogP contribution in [-0.2, 0) is 0 Å². The number of rotatable bonds is 18. The molecule has 0 radical (unpaired) electrons. The maximum Gasteiger partial charge on any atom is -0.0354 e. The number of hydrogen-bond acceptors (Lipinski definition) is 1. The molecule has 0 atom stereocenters. The molecule has 0 aromatic carbocycles. The van der Waals surface area contributed by atoms with E-state index in [1.165, 1.54) is 116 Å². The van der Waals surface area contributed by atoms with Crippen LogP contribution < -0.4 is 6.15 Å². The Bertz CT molecular complexity index is 200. The van der Waals surface area contributed by atoms with E-state index in [9.17, 15) is 0 Å². The van der Waals surface area contributed by atoms with Gasteiger partial charge in [0.15, 0.2) is 0 Å². The Morgan fingerprint density at radius 1 is 0.417 bits per heavy atom. The Morgan fingerprint density at radius 2 is 0.667 bits per heavy atom. The zero-order valence-corrected chi connectivity index (χ0v) is 17.9. The zero-order chi connectivity index (χ0) is 17.2. The SMILES string of the molecule is CCCCCCCCCCC(C)(C)CCCCCCCCCC.N. The lowest BCUT2D eigenvalue weighted by Crippen LogP contribution is -2.11. The van der Waals surface area contributed by atoms with Crippen LogP contribution in [0.5, 0.6) is 0 Å². The summed E-state index contributed by atoms with van der Waals surface area (Å²) in [6.45, 7) is 9.59. The van der Waals surface area contributed by atoms with Gasteiger partial charge in [-0.2, -0.15) is 0 Å². The van der Waals surface area contributed by atoms with Crippen LogP contribution in [0.4, 0.5) is 0 Å². The molecule has 0 saturated carbocycles. The fourth-order valence-corrected chi connectivity index (χ4v) is 3.60. The van der Waals surface area contributed by atoms with Crippen molar-refractivity contribution in [3.8, 4) is 0 Å². The Balaban J connectivity index is 0. The van der Waals surface area contributed by atoms with Crippen LogP contribution in [0.1, 0.15) is 143 Å². The largest absolute Gasteiger partial charge is 0.344 e. The van der Waals surface area contributed by atoms with Crippen LogP contribution in [0.25, 0.3) is 0 Å². The molecule has 0 aliphatic heterocycles. The molecule has 0 aliphatic rings. The normalized spacial score (nSPS) is 11.5. The van der Waals surface area contributed by atoms with Gasteiger partial charge in [-0.1, -0.05) is 130 Å². The minimum absolute atomic E-state index is 0. The summed E-state index contributed by atoms with van der Waals surface area (Å²) in [5.41, 5.74) is 0.588. The molecule has 0 unspecified atom stereocenters. The summed E-state index contributed by atoms with van der Waals surface area (Å²) in [6, 6.07) is 0. The van der Waals surface area contributed by atoms with Gasteiger partial charge in [-0.3, -0.25) is 0 Å². The highest BCUT2D eigenvalue weighted by molar-refractivity contribution is 4.68. The summed E-state index contributed by atoms with van der Waals surface area (Å²) in [7, 11) is 0. The second-order valence-electron chi connectivity index (χ2n) is 8.61. The molecule has 0 fully saturated rings. The third-order valence-corrected chi connectivity index (χ3v) is 5.41. The summed E-state index contributed by atoms with van der Waals surface area (Å²) in [6.07, 6.45) is 26.1. The summed E-state index contributed by atoms with van der Waals surface area (Å²) < 4.78 is 0. The molecule has 1 nitrogen and oxygen atoms in total. The first-order chi connectivity index (χ1) is 11.1. The van der Waals surface area contributed by atoms with Crippen LogP contribution in [0.15, 0.2) is 0 Å². The molecule has 148 valence electrons. The van der Waals surface area contributed by atoms with Crippen molar-refractivity contribution >= 4 is 0 Å². The minimum Gasteiger partial charge on any atom is -0.344 e. The molecule has 0 amide bonds. The highest BCUT2D eigenvalue weighted by Crippen LogP contribution is 2.30. The van der Waals surface area contributed by atoms with Gasteiger partial charge in [0, 0.05) is 0 Å². The lowest BCUT2D eigenvalue weighted by molar-refractivity contribution is 0.282. The van der Waals surface area contributed by atoms with Crippen molar-refractivity contribution in [2.75, 3.05) is 0 Å². The average molecular weight is 342 g/mol. The van der Waals surface area contributed by atoms with Crippen LogP contribution in [-0.4, -0.2) is 0 Å². The van der Waals surface area contributed by atoms with Gasteiger partial charge in [-0.15, -0.1) is 0 Å². The average Bonchev–Trinajstić information content (AvgIpc) is 2.52. The number of hydrogen-bond donors (Lipinski definition) is 1. The van der Waals surface area contributed by atoms with Crippen molar-refractivity contribution in [2.45, 2.75) is 143 Å². The van der Waals surface area contributed by atoms with Gasteiger partial charge < -0.3 is 6.15 Å². The molecule has 0 saturated heterocycles. The molecule has 3 N–H and O–H groups in total. The van der Waals surface area contributed by atoms with Crippen molar-refractivity contribution in [1.82, 2.24) is 6.15 Å². The molecule has 0 aromatic heterocycles. The molecular weight excluding hydrogens is 290 g/mol. The van der Waals surface area contributed by atoms with Gasteiger partial charge in [0.1, 0.15) is 0 Å².